The molecule has 0 aliphatic rings. The topological polar surface area (TPSA) is 78.8 Å². The van der Waals surface area contributed by atoms with Gasteiger partial charge in [-0.3, -0.25) is 9.10 Å². The summed E-state index contributed by atoms with van der Waals surface area (Å²) in [6.07, 6.45) is 1.09. The van der Waals surface area contributed by atoms with Gasteiger partial charge in [0.1, 0.15) is 6.54 Å². The third-order valence-electron chi connectivity index (χ3n) is 3.91. The van der Waals surface area contributed by atoms with Gasteiger partial charge in [-0.1, -0.05) is 24.3 Å². The lowest BCUT2D eigenvalue weighted by atomic mass is 10.1. The molecule has 0 fully saturated rings. The summed E-state index contributed by atoms with van der Waals surface area (Å²) < 4.78 is 26.6. The zero-order valence-corrected chi connectivity index (χ0v) is 18.6. The SMILES string of the molecule is C/C(=N/NC(=O)CN(c1cc(C)ccc1C)S(C)(=O)=O)c1cccc(I)c1. The minimum Gasteiger partial charge on any atom is -0.271 e. The highest BCUT2D eigenvalue weighted by Crippen LogP contribution is 2.23. The number of hydrogen-bond donors (Lipinski definition) is 1. The Bertz CT molecular complexity index is 987. The van der Waals surface area contributed by atoms with Gasteiger partial charge in [-0.2, -0.15) is 5.10 Å². The maximum atomic E-state index is 12.3. The molecule has 1 amide bonds. The van der Waals surface area contributed by atoms with Crippen LogP contribution in [0.15, 0.2) is 47.6 Å². The zero-order chi connectivity index (χ0) is 20.2. The molecule has 0 unspecified atom stereocenters. The van der Waals surface area contributed by atoms with Crippen LogP contribution in [0, 0.1) is 17.4 Å². The predicted octanol–water partition coefficient (Wildman–Crippen LogP) is 3.21. The average molecular weight is 499 g/mol. The number of nitrogens with one attached hydrogen (secondary N) is 1. The molecular weight excluding hydrogens is 477 g/mol. The molecule has 27 heavy (non-hydrogen) atoms. The average Bonchev–Trinajstić information content (AvgIpc) is 2.59. The first kappa shape index (κ1) is 21.4. The van der Waals surface area contributed by atoms with Gasteiger partial charge >= 0.3 is 0 Å². The summed E-state index contributed by atoms with van der Waals surface area (Å²) >= 11 is 2.20. The van der Waals surface area contributed by atoms with E-state index in [-0.39, 0.29) is 6.54 Å². The number of aryl methyl sites for hydroxylation is 2. The van der Waals surface area contributed by atoms with Crippen molar-refractivity contribution < 1.29 is 13.2 Å². The molecule has 0 aromatic heterocycles. The molecule has 2 rings (SSSR count). The number of amides is 1. The van der Waals surface area contributed by atoms with Gasteiger partial charge < -0.3 is 0 Å². The normalized spacial score (nSPS) is 12.0. The quantitative estimate of drug-likeness (QED) is 0.377. The van der Waals surface area contributed by atoms with E-state index in [1.807, 2.05) is 50.2 Å². The molecule has 0 bridgehead atoms. The third-order valence-corrected chi connectivity index (χ3v) is 5.71. The molecule has 6 nitrogen and oxygen atoms in total. The van der Waals surface area contributed by atoms with E-state index in [1.54, 1.807) is 13.0 Å². The molecule has 0 atom stereocenters. The lowest BCUT2D eigenvalue weighted by Gasteiger charge is -2.23. The highest BCUT2D eigenvalue weighted by Gasteiger charge is 2.22. The van der Waals surface area contributed by atoms with Crippen LogP contribution in [-0.4, -0.2) is 32.8 Å². The molecule has 0 aliphatic carbocycles. The van der Waals surface area contributed by atoms with E-state index < -0.39 is 15.9 Å². The van der Waals surface area contributed by atoms with Crippen LogP contribution in [0.2, 0.25) is 0 Å². The molecule has 144 valence electrons. The first-order chi connectivity index (χ1) is 12.6. The number of halogens is 1. The molecule has 2 aromatic carbocycles. The fraction of sp³-hybridized carbons (Fsp3) is 0.263. The second-order valence-electron chi connectivity index (χ2n) is 6.30. The second kappa shape index (κ2) is 8.83. The molecule has 0 saturated carbocycles. The van der Waals surface area contributed by atoms with Gasteiger partial charge in [-0.25, -0.2) is 13.8 Å². The second-order valence-corrected chi connectivity index (χ2v) is 9.45. The lowest BCUT2D eigenvalue weighted by Crippen LogP contribution is -2.39. The monoisotopic (exact) mass is 499 g/mol. The maximum absolute atomic E-state index is 12.3. The van der Waals surface area contributed by atoms with Gasteiger partial charge in [0.05, 0.1) is 17.7 Å². The molecule has 0 saturated heterocycles. The molecule has 0 radical (unpaired) electrons. The summed E-state index contributed by atoms with van der Waals surface area (Å²) in [6, 6.07) is 13.2. The zero-order valence-electron chi connectivity index (χ0n) is 15.7. The van der Waals surface area contributed by atoms with Gasteiger partial charge in [-0.15, -0.1) is 0 Å². The Kier molecular flexibility index (Phi) is 6.99. The summed E-state index contributed by atoms with van der Waals surface area (Å²) in [5.74, 6) is -0.508. The number of sulfonamides is 1. The number of benzene rings is 2. The van der Waals surface area contributed by atoms with Crippen molar-refractivity contribution >= 4 is 49.9 Å². The Morgan fingerprint density at radius 2 is 1.89 bits per heavy atom. The number of carbonyl (C=O) groups excluding carboxylic acids is 1. The van der Waals surface area contributed by atoms with Crippen LogP contribution in [0.1, 0.15) is 23.6 Å². The number of hydrazone groups is 1. The third kappa shape index (κ3) is 6.03. The van der Waals surface area contributed by atoms with Crippen molar-refractivity contribution in [2.75, 3.05) is 17.1 Å². The van der Waals surface area contributed by atoms with Crippen molar-refractivity contribution in [3.63, 3.8) is 0 Å². The predicted molar refractivity (Wildman–Crippen MR) is 118 cm³/mol. The fourth-order valence-electron chi connectivity index (χ4n) is 2.46. The van der Waals surface area contributed by atoms with E-state index in [0.29, 0.717) is 11.4 Å². The molecule has 0 spiro atoms. The highest BCUT2D eigenvalue weighted by atomic mass is 127. The summed E-state index contributed by atoms with van der Waals surface area (Å²) in [5, 5.41) is 4.10. The Labute approximate surface area is 173 Å². The van der Waals surface area contributed by atoms with Crippen molar-refractivity contribution in [3.05, 3.63) is 62.7 Å². The number of rotatable bonds is 6. The van der Waals surface area contributed by atoms with Gasteiger partial charge in [0.15, 0.2) is 0 Å². The molecule has 0 heterocycles. The van der Waals surface area contributed by atoms with Crippen molar-refractivity contribution in [2.24, 2.45) is 5.10 Å². The van der Waals surface area contributed by atoms with Crippen LogP contribution in [0.3, 0.4) is 0 Å². The number of nitrogens with zero attached hydrogens (tertiary/aromatic N) is 2. The van der Waals surface area contributed by atoms with Crippen LogP contribution in [0.5, 0.6) is 0 Å². The standard InChI is InChI=1S/C19H22IN3O3S/c1-13-8-9-14(2)18(10-13)23(27(4,25)26)12-19(24)22-21-15(3)16-6-5-7-17(20)11-16/h5-11H,12H2,1-4H3,(H,22,24)/b21-15-. The van der Waals surface area contributed by atoms with E-state index in [2.05, 4.69) is 33.1 Å². The van der Waals surface area contributed by atoms with Gasteiger partial charge in [0.25, 0.3) is 5.91 Å². The number of hydrogen-bond acceptors (Lipinski definition) is 4. The Morgan fingerprint density at radius 3 is 2.52 bits per heavy atom. The number of anilines is 1. The van der Waals surface area contributed by atoms with E-state index in [1.165, 1.54) is 0 Å². The molecular formula is C19H22IN3O3S. The summed E-state index contributed by atoms with van der Waals surface area (Å²) in [7, 11) is -3.63. The number of carbonyl (C=O) groups is 1. The Morgan fingerprint density at radius 1 is 1.19 bits per heavy atom. The van der Waals surface area contributed by atoms with E-state index in [4.69, 9.17) is 0 Å². The van der Waals surface area contributed by atoms with E-state index in [9.17, 15) is 13.2 Å². The van der Waals surface area contributed by atoms with Gasteiger partial charge in [0, 0.05) is 3.57 Å². The van der Waals surface area contributed by atoms with Gasteiger partial charge in [0.2, 0.25) is 10.0 Å². The summed E-state index contributed by atoms with van der Waals surface area (Å²) in [5.41, 5.74) is 6.15. The molecule has 0 aliphatic heterocycles. The van der Waals surface area contributed by atoms with Crippen LogP contribution in [0.25, 0.3) is 0 Å². The van der Waals surface area contributed by atoms with Gasteiger partial charge in [-0.05, 0) is 78.3 Å². The maximum Gasteiger partial charge on any atom is 0.260 e. The van der Waals surface area contributed by atoms with Crippen LogP contribution in [-0.2, 0) is 14.8 Å². The van der Waals surface area contributed by atoms with E-state index in [0.717, 1.165) is 30.8 Å². The van der Waals surface area contributed by atoms with E-state index >= 15 is 0 Å². The smallest absolute Gasteiger partial charge is 0.260 e. The molecule has 8 heteroatoms. The van der Waals surface area contributed by atoms with Crippen molar-refractivity contribution in [1.29, 1.82) is 0 Å². The Hall–Kier alpha value is -1.94. The minimum absolute atomic E-state index is 0.341. The summed E-state index contributed by atoms with van der Waals surface area (Å²) in [6.45, 7) is 5.12. The van der Waals surface area contributed by atoms with Crippen molar-refractivity contribution in [1.82, 2.24) is 5.43 Å². The largest absolute Gasteiger partial charge is 0.271 e. The minimum atomic E-state index is -3.63. The molecule has 2 aromatic rings. The lowest BCUT2D eigenvalue weighted by molar-refractivity contribution is -0.119. The van der Waals surface area contributed by atoms with Crippen molar-refractivity contribution in [3.8, 4) is 0 Å². The van der Waals surface area contributed by atoms with Crippen LogP contribution < -0.4 is 9.73 Å². The first-order valence-electron chi connectivity index (χ1n) is 8.22. The van der Waals surface area contributed by atoms with Crippen LogP contribution in [0.4, 0.5) is 5.69 Å². The van der Waals surface area contributed by atoms with Crippen molar-refractivity contribution in [2.45, 2.75) is 20.8 Å². The van der Waals surface area contributed by atoms with Crippen LogP contribution >= 0.6 is 22.6 Å². The Balaban J connectivity index is 2.20. The summed E-state index contributed by atoms with van der Waals surface area (Å²) in [4.78, 5) is 12.3. The molecule has 1 N–H and O–H groups in total. The highest BCUT2D eigenvalue weighted by molar-refractivity contribution is 14.1. The fourth-order valence-corrected chi connectivity index (χ4v) is 3.91. The first-order valence-corrected chi connectivity index (χ1v) is 11.1.